The fourth-order valence-electron chi connectivity index (χ4n) is 1.38. The Balaban J connectivity index is 3.96. The summed E-state index contributed by atoms with van der Waals surface area (Å²) in [6, 6.07) is 0. The third-order valence-electron chi connectivity index (χ3n) is 1.81. The van der Waals surface area contributed by atoms with Gasteiger partial charge in [-0.15, -0.1) is 0 Å². The van der Waals surface area contributed by atoms with E-state index in [-0.39, 0.29) is 0 Å². The first-order valence-corrected chi connectivity index (χ1v) is 5.11. The number of unbranched alkanes of at least 4 members (excludes halogenated alkanes) is 1. The molecule has 0 radical (unpaired) electrons. The molecule has 0 N–H and O–H groups in total. The van der Waals surface area contributed by atoms with E-state index >= 15 is 0 Å². The quantitative estimate of drug-likeness (QED) is 0.452. The molecule has 1 nitrogen and oxygen atoms in total. The maximum atomic E-state index is 2.29. The van der Waals surface area contributed by atoms with Crippen LogP contribution in [-0.2, 0) is 0 Å². The summed E-state index contributed by atoms with van der Waals surface area (Å²) in [6.07, 6.45) is 9.29. The maximum absolute atomic E-state index is 2.29. The normalized spacial score (nSPS) is 12.1. The van der Waals surface area contributed by atoms with E-state index in [2.05, 4.69) is 53.2 Å². The molecule has 0 saturated carbocycles. The number of likely N-dealkylation sites (N-methyl/N-ethyl adjacent to an activating group) is 1. The van der Waals surface area contributed by atoms with Crippen molar-refractivity contribution in [2.45, 2.75) is 33.6 Å². The van der Waals surface area contributed by atoms with Crippen LogP contribution in [0, 0.1) is 0 Å². The van der Waals surface area contributed by atoms with Gasteiger partial charge >= 0.3 is 0 Å². The Labute approximate surface area is 83.3 Å². The predicted molar refractivity (Wildman–Crippen MR) is 60.5 cm³/mol. The number of rotatable bonds is 5. The molecule has 1 heteroatoms. The summed E-state index contributed by atoms with van der Waals surface area (Å²) < 4.78 is 0.947. The lowest BCUT2D eigenvalue weighted by molar-refractivity contribution is -0.833. The highest BCUT2D eigenvalue weighted by atomic mass is 15.3. The second-order valence-electron chi connectivity index (χ2n) is 4.43. The molecule has 0 heterocycles. The Morgan fingerprint density at radius 3 is 2.23 bits per heavy atom. The standard InChI is InChI=1S/C12H24N/c1-6-7-8-9-10-13(4,5)11-12(2)3/h8-9,11H,6-7,10H2,1-5H3/q+1/b9-8-. The third kappa shape index (κ3) is 7.79. The monoisotopic (exact) mass is 182 g/mol. The predicted octanol–water partition coefficient (Wildman–Crippen LogP) is 3.34. The van der Waals surface area contributed by atoms with E-state index in [1.807, 2.05) is 0 Å². The SMILES string of the molecule is CCC/C=C\C[N+](C)(C)C=C(C)C. The molecule has 0 fully saturated rings. The topological polar surface area (TPSA) is 0 Å². The largest absolute Gasteiger partial charge is 0.299 e. The maximum Gasteiger partial charge on any atom is 0.101 e. The van der Waals surface area contributed by atoms with Crippen molar-refractivity contribution in [1.82, 2.24) is 0 Å². The summed E-state index contributed by atoms with van der Waals surface area (Å²) in [5.74, 6) is 0. The second-order valence-corrected chi connectivity index (χ2v) is 4.43. The highest BCUT2D eigenvalue weighted by Gasteiger charge is 2.07. The molecule has 0 aliphatic carbocycles. The fraction of sp³-hybridized carbons (Fsp3) is 0.667. The first-order chi connectivity index (χ1) is 5.98. The van der Waals surface area contributed by atoms with Crippen molar-refractivity contribution < 1.29 is 4.48 Å². The number of hydrogen-bond acceptors (Lipinski definition) is 0. The lowest BCUT2D eigenvalue weighted by Gasteiger charge is -2.23. The van der Waals surface area contributed by atoms with Crippen LogP contribution < -0.4 is 0 Å². The van der Waals surface area contributed by atoms with Crippen LogP contribution in [-0.4, -0.2) is 25.1 Å². The minimum atomic E-state index is 0.947. The Bertz CT molecular complexity index is 183. The van der Waals surface area contributed by atoms with E-state index < -0.39 is 0 Å². The number of quaternary nitrogens is 1. The Kier molecular flexibility index (Phi) is 5.72. The first-order valence-electron chi connectivity index (χ1n) is 5.11. The molecule has 0 rings (SSSR count). The molecule has 0 aliphatic rings. The average molecular weight is 182 g/mol. The van der Waals surface area contributed by atoms with E-state index in [0.29, 0.717) is 0 Å². The van der Waals surface area contributed by atoms with E-state index in [0.717, 1.165) is 11.0 Å². The van der Waals surface area contributed by atoms with E-state index in [9.17, 15) is 0 Å². The molecular formula is C12H24N+. The zero-order chi connectivity index (χ0) is 10.3. The lowest BCUT2D eigenvalue weighted by atomic mass is 10.3. The second kappa shape index (κ2) is 5.98. The summed E-state index contributed by atoms with van der Waals surface area (Å²) in [5.41, 5.74) is 1.38. The Morgan fingerprint density at radius 2 is 1.77 bits per heavy atom. The molecular weight excluding hydrogens is 158 g/mol. The molecule has 0 bridgehead atoms. The summed E-state index contributed by atoms with van der Waals surface area (Å²) in [4.78, 5) is 0. The van der Waals surface area contributed by atoms with Gasteiger partial charge in [0.05, 0.1) is 20.3 Å². The van der Waals surface area contributed by atoms with Crippen molar-refractivity contribution >= 4 is 0 Å². The lowest BCUT2D eigenvalue weighted by Crippen LogP contribution is -2.33. The molecule has 0 atom stereocenters. The van der Waals surface area contributed by atoms with Crippen molar-refractivity contribution in [2.75, 3.05) is 20.6 Å². The summed E-state index contributed by atoms with van der Waals surface area (Å²) in [7, 11) is 4.45. The van der Waals surface area contributed by atoms with Gasteiger partial charge in [0.1, 0.15) is 6.54 Å². The van der Waals surface area contributed by atoms with E-state index in [1.54, 1.807) is 0 Å². The van der Waals surface area contributed by atoms with E-state index in [1.165, 1.54) is 18.4 Å². The molecule has 0 aliphatic heterocycles. The van der Waals surface area contributed by atoms with Crippen molar-refractivity contribution in [2.24, 2.45) is 0 Å². The summed E-state index contributed by atoms with van der Waals surface area (Å²) >= 11 is 0. The van der Waals surface area contributed by atoms with Gasteiger partial charge in [-0.25, -0.2) is 0 Å². The summed E-state index contributed by atoms with van der Waals surface area (Å²) in [6.45, 7) is 7.59. The van der Waals surface area contributed by atoms with Crippen LogP contribution in [0.15, 0.2) is 23.9 Å². The third-order valence-corrected chi connectivity index (χ3v) is 1.81. The highest BCUT2D eigenvalue weighted by molar-refractivity contribution is 4.88. The van der Waals surface area contributed by atoms with Crippen LogP contribution in [0.3, 0.4) is 0 Å². The molecule has 13 heavy (non-hydrogen) atoms. The summed E-state index contributed by atoms with van der Waals surface area (Å²) in [5, 5.41) is 0. The van der Waals surface area contributed by atoms with Crippen LogP contribution in [0.1, 0.15) is 33.6 Å². The minimum absolute atomic E-state index is 0.947. The molecule has 0 aromatic heterocycles. The van der Waals surface area contributed by atoms with Crippen molar-refractivity contribution in [1.29, 1.82) is 0 Å². The van der Waals surface area contributed by atoms with Crippen molar-refractivity contribution in [3.05, 3.63) is 23.9 Å². The fourth-order valence-corrected chi connectivity index (χ4v) is 1.38. The minimum Gasteiger partial charge on any atom is -0.299 e. The number of nitrogens with zero attached hydrogens (tertiary/aromatic N) is 1. The van der Waals surface area contributed by atoms with Gasteiger partial charge in [-0.05, 0) is 31.9 Å². The number of allylic oxidation sites excluding steroid dienone is 2. The Hall–Kier alpha value is -0.560. The molecule has 0 spiro atoms. The van der Waals surface area contributed by atoms with Gasteiger partial charge in [-0.2, -0.15) is 0 Å². The van der Waals surface area contributed by atoms with Gasteiger partial charge in [0, 0.05) is 0 Å². The van der Waals surface area contributed by atoms with Gasteiger partial charge in [0.25, 0.3) is 0 Å². The highest BCUT2D eigenvalue weighted by Crippen LogP contribution is 2.03. The number of hydrogen-bond donors (Lipinski definition) is 0. The zero-order valence-electron chi connectivity index (χ0n) is 9.80. The molecule has 0 amide bonds. The molecule has 0 aromatic carbocycles. The van der Waals surface area contributed by atoms with E-state index in [4.69, 9.17) is 0 Å². The van der Waals surface area contributed by atoms with Gasteiger partial charge in [-0.3, -0.25) is 4.48 Å². The molecule has 76 valence electrons. The zero-order valence-corrected chi connectivity index (χ0v) is 9.80. The van der Waals surface area contributed by atoms with Gasteiger partial charge in [-0.1, -0.05) is 19.4 Å². The molecule has 0 unspecified atom stereocenters. The molecule has 0 aromatic rings. The van der Waals surface area contributed by atoms with Crippen molar-refractivity contribution in [3.63, 3.8) is 0 Å². The van der Waals surface area contributed by atoms with Crippen molar-refractivity contribution in [3.8, 4) is 0 Å². The molecule has 0 saturated heterocycles. The average Bonchev–Trinajstić information content (AvgIpc) is 1.95. The van der Waals surface area contributed by atoms with Gasteiger partial charge < -0.3 is 0 Å². The van der Waals surface area contributed by atoms with Crippen LogP contribution in [0.5, 0.6) is 0 Å². The van der Waals surface area contributed by atoms with Crippen LogP contribution >= 0.6 is 0 Å². The Morgan fingerprint density at radius 1 is 1.15 bits per heavy atom. The van der Waals surface area contributed by atoms with Crippen LogP contribution in [0.25, 0.3) is 0 Å². The smallest absolute Gasteiger partial charge is 0.101 e. The van der Waals surface area contributed by atoms with Crippen LogP contribution in [0.4, 0.5) is 0 Å². The van der Waals surface area contributed by atoms with Crippen LogP contribution in [0.2, 0.25) is 0 Å². The first kappa shape index (κ1) is 12.4. The van der Waals surface area contributed by atoms with Gasteiger partial charge in [0.2, 0.25) is 0 Å². The van der Waals surface area contributed by atoms with Gasteiger partial charge in [0.15, 0.2) is 0 Å².